The zero-order chi connectivity index (χ0) is 20.1. The van der Waals surface area contributed by atoms with Gasteiger partial charge in [-0.25, -0.2) is 14.4 Å². The highest BCUT2D eigenvalue weighted by Gasteiger charge is 2.53. The van der Waals surface area contributed by atoms with E-state index in [9.17, 15) is 27.2 Å². The molecule has 0 bridgehead atoms. The van der Waals surface area contributed by atoms with Crippen LogP contribution in [0.25, 0.3) is 11.0 Å². The second-order valence-corrected chi connectivity index (χ2v) is 6.52. The normalized spacial score (nSPS) is 20.3. The van der Waals surface area contributed by atoms with Gasteiger partial charge in [0.2, 0.25) is 0 Å². The van der Waals surface area contributed by atoms with Gasteiger partial charge in [-0.15, -0.1) is 0 Å². The van der Waals surface area contributed by atoms with Gasteiger partial charge in [-0.1, -0.05) is 0 Å². The van der Waals surface area contributed by atoms with Crippen molar-refractivity contribution >= 4 is 22.9 Å². The molecule has 1 aliphatic rings. The number of aliphatic carboxylic acids is 1. The molecule has 1 N–H and O–H groups in total. The number of aromatic nitrogens is 2. The van der Waals surface area contributed by atoms with E-state index >= 15 is 0 Å². The Bertz CT molecular complexity index is 945. The average molecular weight is 385 g/mol. The molecule has 2 atom stereocenters. The lowest BCUT2D eigenvalue weighted by Crippen LogP contribution is -2.34. The molecule has 1 amide bonds. The Balaban J connectivity index is 2.04. The molecule has 1 aliphatic heterocycles. The van der Waals surface area contributed by atoms with E-state index in [0.717, 1.165) is 17.0 Å². The molecular formula is C17H15F4N3O3. The second-order valence-electron chi connectivity index (χ2n) is 6.52. The van der Waals surface area contributed by atoms with Crippen molar-refractivity contribution < 1.29 is 32.3 Å². The summed E-state index contributed by atoms with van der Waals surface area (Å²) in [6.45, 7) is 1.86. The quantitative estimate of drug-likeness (QED) is 0.804. The number of alkyl halides is 3. The number of aryl methyl sites for hydroxylation is 2. The van der Waals surface area contributed by atoms with E-state index in [4.69, 9.17) is 5.11 Å². The standard InChI is InChI=1S/C17H15F4N3O3/c1-7-8(2)23-14-10(3-9(18)4-13(14)22-7)15(25)24-5-11(16(26)27)12(6-24)17(19,20)21/h3-4,11-12H,5-6H2,1-2H3,(H,26,27)/t11-,12-/m1/s1. The topological polar surface area (TPSA) is 83.4 Å². The van der Waals surface area contributed by atoms with Crippen molar-refractivity contribution in [1.29, 1.82) is 0 Å². The van der Waals surface area contributed by atoms with Gasteiger partial charge >= 0.3 is 12.1 Å². The highest BCUT2D eigenvalue weighted by atomic mass is 19.4. The first-order chi connectivity index (χ1) is 12.5. The number of nitrogens with zero attached hydrogens (tertiary/aromatic N) is 3. The lowest BCUT2D eigenvalue weighted by molar-refractivity contribution is -0.187. The molecule has 2 aromatic rings. The zero-order valence-electron chi connectivity index (χ0n) is 14.3. The van der Waals surface area contributed by atoms with E-state index in [1.54, 1.807) is 13.8 Å². The SMILES string of the molecule is Cc1nc2cc(F)cc(C(=O)N3C[C@@H](C(F)(F)F)[C@H](C(=O)O)C3)c2nc1C. The molecule has 144 valence electrons. The van der Waals surface area contributed by atoms with Gasteiger partial charge in [-0.05, 0) is 19.9 Å². The third-order valence-electron chi connectivity index (χ3n) is 4.72. The van der Waals surface area contributed by atoms with Gasteiger partial charge in [-0.2, -0.15) is 13.2 Å². The van der Waals surface area contributed by atoms with Crippen LogP contribution in [0.15, 0.2) is 12.1 Å². The van der Waals surface area contributed by atoms with E-state index in [0.29, 0.717) is 11.4 Å². The number of benzene rings is 1. The Morgan fingerprint density at radius 3 is 2.33 bits per heavy atom. The summed E-state index contributed by atoms with van der Waals surface area (Å²) in [5, 5.41) is 9.08. The van der Waals surface area contributed by atoms with Crippen LogP contribution in [0.1, 0.15) is 21.7 Å². The number of hydrogen-bond acceptors (Lipinski definition) is 4. The van der Waals surface area contributed by atoms with E-state index in [1.807, 2.05) is 0 Å². The highest BCUT2D eigenvalue weighted by Crippen LogP contribution is 2.38. The number of halogens is 4. The molecule has 0 radical (unpaired) electrons. The minimum absolute atomic E-state index is 0.0619. The van der Waals surface area contributed by atoms with Crippen molar-refractivity contribution in [3.8, 4) is 0 Å². The van der Waals surface area contributed by atoms with Crippen molar-refractivity contribution in [2.75, 3.05) is 13.1 Å². The summed E-state index contributed by atoms with van der Waals surface area (Å²) in [7, 11) is 0. The fraction of sp³-hybridized carbons (Fsp3) is 0.412. The molecule has 0 saturated carbocycles. The molecule has 10 heteroatoms. The first-order valence-corrected chi connectivity index (χ1v) is 8.02. The van der Waals surface area contributed by atoms with Crippen molar-refractivity contribution in [1.82, 2.24) is 14.9 Å². The van der Waals surface area contributed by atoms with Crippen LogP contribution in [-0.4, -0.2) is 51.1 Å². The number of amides is 1. The molecule has 0 aliphatic carbocycles. The lowest BCUT2D eigenvalue weighted by Gasteiger charge is -2.19. The van der Waals surface area contributed by atoms with E-state index in [-0.39, 0.29) is 16.6 Å². The maximum absolute atomic E-state index is 13.9. The second kappa shape index (κ2) is 6.43. The van der Waals surface area contributed by atoms with Crippen LogP contribution < -0.4 is 0 Å². The summed E-state index contributed by atoms with van der Waals surface area (Å²) >= 11 is 0. The molecule has 1 aromatic heterocycles. The molecule has 6 nitrogen and oxygen atoms in total. The van der Waals surface area contributed by atoms with Gasteiger partial charge in [-0.3, -0.25) is 9.59 Å². The minimum Gasteiger partial charge on any atom is -0.481 e. The van der Waals surface area contributed by atoms with Crippen molar-refractivity contribution in [3.05, 3.63) is 34.9 Å². The zero-order valence-corrected chi connectivity index (χ0v) is 14.3. The van der Waals surface area contributed by atoms with Crippen LogP contribution >= 0.6 is 0 Å². The number of rotatable bonds is 2. The Morgan fingerprint density at radius 1 is 1.15 bits per heavy atom. The van der Waals surface area contributed by atoms with Gasteiger partial charge in [0, 0.05) is 19.2 Å². The number of carbonyl (C=O) groups is 2. The van der Waals surface area contributed by atoms with Gasteiger partial charge in [0.25, 0.3) is 5.91 Å². The summed E-state index contributed by atoms with van der Waals surface area (Å²) in [5.41, 5.74) is 0.930. The predicted molar refractivity (Wildman–Crippen MR) is 85.5 cm³/mol. The monoisotopic (exact) mass is 385 g/mol. The molecular weight excluding hydrogens is 370 g/mol. The van der Waals surface area contributed by atoms with E-state index in [1.165, 1.54) is 0 Å². The summed E-state index contributed by atoms with van der Waals surface area (Å²) in [6.07, 6.45) is -4.77. The van der Waals surface area contributed by atoms with Crippen LogP contribution in [0.5, 0.6) is 0 Å². The van der Waals surface area contributed by atoms with Gasteiger partial charge in [0.1, 0.15) is 11.3 Å². The van der Waals surface area contributed by atoms with Crippen LogP contribution in [0.2, 0.25) is 0 Å². The van der Waals surface area contributed by atoms with Gasteiger partial charge in [0.15, 0.2) is 0 Å². The van der Waals surface area contributed by atoms with Crippen molar-refractivity contribution in [2.24, 2.45) is 11.8 Å². The molecule has 0 spiro atoms. The smallest absolute Gasteiger partial charge is 0.394 e. The minimum atomic E-state index is -4.77. The summed E-state index contributed by atoms with van der Waals surface area (Å²) in [5.74, 6) is -7.29. The summed E-state index contributed by atoms with van der Waals surface area (Å²) in [6, 6.07) is 1.96. The first-order valence-electron chi connectivity index (χ1n) is 8.02. The molecule has 27 heavy (non-hydrogen) atoms. The fourth-order valence-corrected chi connectivity index (χ4v) is 3.18. The van der Waals surface area contributed by atoms with E-state index < -0.39 is 48.8 Å². The van der Waals surface area contributed by atoms with Crippen LogP contribution in [0.4, 0.5) is 17.6 Å². The van der Waals surface area contributed by atoms with Crippen molar-refractivity contribution in [3.63, 3.8) is 0 Å². The Kier molecular flexibility index (Phi) is 4.52. The number of fused-ring (bicyclic) bond motifs is 1. The number of carboxylic acids is 1. The largest absolute Gasteiger partial charge is 0.481 e. The number of carbonyl (C=O) groups excluding carboxylic acids is 1. The highest BCUT2D eigenvalue weighted by molar-refractivity contribution is 6.05. The third kappa shape index (κ3) is 3.43. The molecule has 1 saturated heterocycles. The summed E-state index contributed by atoms with van der Waals surface area (Å²) < 4.78 is 53.4. The molecule has 1 fully saturated rings. The summed E-state index contributed by atoms with van der Waals surface area (Å²) in [4.78, 5) is 33.1. The van der Waals surface area contributed by atoms with Crippen molar-refractivity contribution in [2.45, 2.75) is 20.0 Å². The average Bonchev–Trinajstić information content (AvgIpc) is 3.01. The van der Waals surface area contributed by atoms with Gasteiger partial charge < -0.3 is 10.0 Å². The molecule has 1 aromatic carbocycles. The maximum Gasteiger partial charge on any atom is 0.394 e. The number of hydrogen-bond donors (Lipinski definition) is 1. The molecule has 3 rings (SSSR count). The predicted octanol–water partition coefficient (Wildman–Crippen LogP) is 2.72. The van der Waals surface area contributed by atoms with Gasteiger partial charge in [0.05, 0.1) is 34.3 Å². The Morgan fingerprint density at radius 2 is 1.78 bits per heavy atom. The number of carboxylic acid groups (broad SMARTS) is 1. The Hall–Kier alpha value is -2.78. The Labute approximate surface area is 150 Å². The number of likely N-dealkylation sites (tertiary alicyclic amines) is 1. The van der Waals surface area contributed by atoms with Crippen LogP contribution in [0.3, 0.4) is 0 Å². The fourth-order valence-electron chi connectivity index (χ4n) is 3.18. The first kappa shape index (κ1) is 19.0. The third-order valence-corrected chi connectivity index (χ3v) is 4.72. The molecule has 2 heterocycles. The lowest BCUT2D eigenvalue weighted by atomic mass is 9.96. The van der Waals surface area contributed by atoms with E-state index in [2.05, 4.69) is 9.97 Å². The maximum atomic E-state index is 13.9. The molecule has 0 unspecified atom stereocenters. The van der Waals surface area contributed by atoms with Crippen LogP contribution in [0, 0.1) is 31.5 Å². The van der Waals surface area contributed by atoms with Crippen LogP contribution in [-0.2, 0) is 4.79 Å².